The van der Waals surface area contributed by atoms with Crippen LogP contribution in [0.2, 0.25) is 0 Å². The van der Waals surface area contributed by atoms with Crippen molar-refractivity contribution in [3.05, 3.63) is 275 Å². The molecule has 4 aromatic carbocycles. The Kier molecular flexibility index (Phi) is 28.3. The molecule has 8 aromatic rings. The van der Waals surface area contributed by atoms with E-state index in [9.17, 15) is 38.4 Å². The SMILES string of the molecule is CC[C@H]1O[C@@H](n2cc(C)c(=O)[nH]c2=O)C(F)[C@H]1O[P@@]1O[C@](C)(c2ccccc2)[C@@H]2CCCN21.CC[C@H]1O[C@@H](n2cc(C)c(=O)[nH]c2=O)C(F)[C@H]1O[P@]1O[C@@](C)(c2ccccc2)[C@H]2CCCN21.CC[C@H]1O[C@@H](n2ccc(=O)[nH]c2=O)C(F)[C@H]1O[P@@]1O[C@](C)(c2ccccc2)[C@@H]2CCCN21.CC[C@H]1O[C@@H](n2ccc(=O)[nH]c2=O)C(F)[C@H]1O[P@]1O[C@@](C)(c2ccccc2)[C@H]2CCCN21. The van der Waals surface area contributed by atoms with Crippen LogP contribution in [0.1, 0.15) is 191 Å². The molecule has 130 heavy (non-hydrogen) atoms. The van der Waals surface area contributed by atoms with E-state index in [1.54, 1.807) is 13.8 Å². The minimum absolute atomic E-state index is 0.159. The van der Waals surface area contributed by atoms with Crippen molar-refractivity contribution in [1.82, 2.24) is 56.9 Å². The zero-order valence-corrected chi connectivity index (χ0v) is 77.5. The molecule has 700 valence electrons. The molecular weight excluding hydrogens is 1770 g/mol. The van der Waals surface area contributed by atoms with Crippen molar-refractivity contribution in [3.63, 3.8) is 0 Å². The van der Waals surface area contributed by atoms with Gasteiger partial charge in [-0.15, -0.1) is 0 Å². The highest BCUT2D eigenvalue weighted by molar-refractivity contribution is 7.45. The molecule has 4 N–H and O–H groups in total. The first-order chi connectivity index (χ1) is 62.5. The fourth-order valence-electron chi connectivity index (χ4n) is 20.2. The van der Waals surface area contributed by atoms with Crippen molar-refractivity contribution < 1.29 is 72.7 Å². The predicted molar refractivity (Wildman–Crippen MR) is 477 cm³/mol. The van der Waals surface area contributed by atoms with Gasteiger partial charge in [0.05, 0.1) is 48.6 Å². The Balaban J connectivity index is 0.000000121. The smallest absolute Gasteiger partial charge is 0.330 e. The lowest BCUT2D eigenvalue weighted by atomic mass is 9.87. The summed E-state index contributed by atoms with van der Waals surface area (Å²) < 4.78 is 151. The third-order valence-corrected chi connectivity index (χ3v) is 34.8. The van der Waals surface area contributed by atoms with Gasteiger partial charge in [0.1, 0.15) is 46.8 Å². The van der Waals surface area contributed by atoms with Gasteiger partial charge in [0, 0.05) is 74.2 Å². The van der Waals surface area contributed by atoms with E-state index >= 15 is 17.6 Å². The molecule has 0 bridgehead atoms. The number of nitrogens with one attached hydrogen (secondary N) is 4. The minimum Gasteiger partial charge on any atom is -0.349 e. The highest BCUT2D eigenvalue weighted by atomic mass is 31.2. The normalized spacial score (nSPS) is 36.7. The van der Waals surface area contributed by atoms with Crippen molar-refractivity contribution in [1.29, 1.82) is 0 Å². The van der Waals surface area contributed by atoms with Crippen molar-refractivity contribution in [2.45, 2.75) is 291 Å². The van der Waals surface area contributed by atoms with Gasteiger partial charge in [-0.25, -0.2) is 55.4 Å². The monoisotopic (exact) mass is 1880 g/mol. The van der Waals surface area contributed by atoms with E-state index in [0.29, 0.717) is 36.8 Å². The van der Waals surface area contributed by atoms with Gasteiger partial charge in [0.15, 0.2) is 49.6 Å². The molecule has 0 saturated carbocycles. The Hall–Kier alpha value is -7.60. The van der Waals surface area contributed by atoms with Gasteiger partial charge < -0.3 is 55.1 Å². The molecule has 16 heterocycles. The Morgan fingerprint density at radius 3 is 0.808 bits per heavy atom. The first kappa shape index (κ1) is 94.2. The highest BCUT2D eigenvalue weighted by Crippen LogP contribution is 2.69. The van der Waals surface area contributed by atoms with E-state index in [1.807, 2.05) is 100 Å². The van der Waals surface area contributed by atoms with Crippen LogP contribution in [0.15, 0.2) is 197 Å². The number of aromatic amines is 4. The van der Waals surface area contributed by atoms with Crippen LogP contribution in [-0.4, -0.2) is 181 Å². The van der Waals surface area contributed by atoms with Crippen LogP contribution in [0.3, 0.4) is 0 Å². The van der Waals surface area contributed by atoms with Crippen LogP contribution in [-0.2, 0) is 77.5 Å². The van der Waals surface area contributed by atoms with E-state index < -0.39 is 200 Å². The second-order valence-electron chi connectivity index (χ2n) is 35.4. The summed E-state index contributed by atoms with van der Waals surface area (Å²) in [6.45, 7) is 22.4. The maximum atomic E-state index is 15.7. The van der Waals surface area contributed by atoms with E-state index in [1.165, 1.54) is 36.9 Å². The Morgan fingerprint density at radius 1 is 0.346 bits per heavy atom. The lowest BCUT2D eigenvalue weighted by Crippen LogP contribution is -2.37. The Bertz CT molecular complexity index is 5460. The molecule has 4 aromatic heterocycles. The molecular formula is C90H112F4N12O20P4. The van der Waals surface area contributed by atoms with Crippen LogP contribution >= 0.6 is 34.1 Å². The minimum atomic E-state index is -1.59. The Labute approximate surface area is 752 Å². The number of hydrogen-bond donors (Lipinski definition) is 4. The predicted octanol–water partition coefficient (Wildman–Crippen LogP) is 13.4. The number of benzene rings is 4. The molecule has 0 amide bonds. The molecule has 20 rings (SSSR count). The summed E-state index contributed by atoms with van der Waals surface area (Å²) in [5.74, 6) is 0. The van der Waals surface area contributed by atoms with E-state index in [-0.39, 0.29) is 24.2 Å². The van der Waals surface area contributed by atoms with Crippen molar-refractivity contribution in [2.24, 2.45) is 0 Å². The molecule has 4 unspecified atom stereocenters. The third kappa shape index (κ3) is 17.8. The summed E-state index contributed by atoms with van der Waals surface area (Å²) in [5.41, 5.74) is -2.10. The number of hydrogen-bond acceptors (Lipinski definition) is 24. The summed E-state index contributed by atoms with van der Waals surface area (Å²) in [6.07, 6.45) is -1.37. The number of ether oxygens (including phenoxy) is 4. The van der Waals surface area contributed by atoms with Crippen LogP contribution in [0.5, 0.6) is 0 Å². The van der Waals surface area contributed by atoms with Crippen LogP contribution < -0.4 is 45.0 Å². The summed E-state index contributed by atoms with van der Waals surface area (Å²) in [4.78, 5) is 104. The average molecular weight is 1880 g/mol. The zero-order valence-electron chi connectivity index (χ0n) is 73.9. The summed E-state index contributed by atoms with van der Waals surface area (Å²) in [5, 5.41) is 0. The lowest BCUT2D eigenvalue weighted by Gasteiger charge is -2.29. The van der Waals surface area contributed by atoms with E-state index in [4.69, 9.17) is 55.1 Å². The van der Waals surface area contributed by atoms with Crippen molar-refractivity contribution in [2.75, 3.05) is 26.2 Å². The topological polar surface area (TPSA) is 343 Å². The summed E-state index contributed by atoms with van der Waals surface area (Å²) >= 11 is 0. The summed E-state index contributed by atoms with van der Waals surface area (Å²) in [7, 11) is -6.01. The number of fused-ring (bicyclic) bond motifs is 4. The van der Waals surface area contributed by atoms with Gasteiger partial charge >= 0.3 is 22.8 Å². The van der Waals surface area contributed by atoms with Gasteiger partial charge in [0.25, 0.3) is 56.3 Å². The van der Waals surface area contributed by atoms with E-state index in [2.05, 4.69) is 115 Å². The fourth-order valence-corrected chi connectivity index (χ4v) is 28.8. The largest absolute Gasteiger partial charge is 0.349 e. The molecule has 12 aliphatic heterocycles. The van der Waals surface area contributed by atoms with Gasteiger partial charge in [-0.05, 0) is 141 Å². The quantitative estimate of drug-likeness (QED) is 0.0407. The van der Waals surface area contributed by atoms with Crippen molar-refractivity contribution >= 4 is 34.1 Å². The molecule has 32 nitrogen and oxygen atoms in total. The first-order valence-corrected chi connectivity index (χ1v) is 49.4. The molecule has 12 aliphatic rings. The molecule has 40 heteroatoms. The first-order valence-electron chi connectivity index (χ1n) is 44.9. The second-order valence-corrected chi connectivity index (χ2v) is 41.0. The molecule has 12 saturated heterocycles. The van der Waals surface area contributed by atoms with Crippen LogP contribution in [0, 0.1) is 13.8 Å². The molecule has 0 radical (unpaired) electrons. The van der Waals surface area contributed by atoms with Gasteiger partial charge in [-0.3, -0.25) is 57.4 Å². The number of rotatable bonds is 20. The van der Waals surface area contributed by atoms with E-state index in [0.717, 1.165) is 118 Å². The number of alkyl halides is 4. The number of nitrogens with zero attached hydrogens (tertiary/aromatic N) is 8. The van der Waals surface area contributed by atoms with Crippen molar-refractivity contribution in [3.8, 4) is 0 Å². The zero-order chi connectivity index (χ0) is 91.6. The highest BCUT2D eigenvalue weighted by Gasteiger charge is 2.63. The molecule has 28 atom stereocenters. The average Bonchev–Trinajstić information content (AvgIpc) is 1.59. The third-order valence-electron chi connectivity index (χ3n) is 27.4. The summed E-state index contributed by atoms with van der Waals surface area (Å²) in [6, 6.07) is 43.3. The number of aromatic nitrogens is 8. The molecule has 0 aliphatic carbocycles. The second kappa shape index (κ2) is 39.0. The van der Waals surface area contributed by atoms with Gasteiger partial charge in [-0.2, -0.15) is 0 Å². The maximum absolute atomic E-state index is 15.7. The number of H-pyrrole nitrogens is 4. The molecule has 12 fully saturated rings. The van der Waals surface area contributed by atoms with Crippen LogP contribution in [0.25, 0.3) is 0 Å². The Morgan fingerprint density at radius 2 is 0.577 bits per heavy atom. The van der Waals surface area contributed by atoms with Gasteiger partial charge in [-0.1, -0.05) is 149 Å². The maximum Gasteiger partial charge on any atom is 0.330 e. The standard InChI is InChI=1S/2C23H29FN3O5P.2C22H27FN3O5P/c2*1-4-16-19(18(24)21(30-16)26-13-14(2)20(28)25-22(26)29)31-33-27-12-8-11-17(27)23(3,32-33)15-9-6-5-7-10-15;2*1-3-15-19(18(23)20(29-15)25-13-11-17(27)24-21(25)28)30-32-26-12-7-10-16(26)22(2,31-32)14-8-5-4-6-9-14/h2*5-7,9-10,13,16-19,21H,4,8,11-12H2,1-3H3,(H,25,28,29);2*4-6,8-9,11,13,15-16,18-20H,3,7,10,12H2,1-2H3,(H,24,27,28)/t16-,17+,18?,19+,21-,23-,33+;16-,17-,18?,19+,21-,23+,33-;15-,16+,18?,19+,20-,22-,32+;15-,16-,18?,19+,20-,22+,32-/m1111/s1. The number of halogens is 4. The van der Waals surface area contributed by atoms with Gasteiger partial charge in [0.2, 0.25) is 0 Å². The molecule has 0 spiro atoms. The lowest BCUT2D eigenvalue weighted by molar-refractivity contribution is -0.0273. The van der Waals surface area contributed by atoms with Crippen LogP contribution in [0.4, 0.5) is 17.6 Å². The fraction of sp³-hybridized carbons (Fsp3) is 0.556. The number of aryl methyl sites for hydroxylation is 2.